The molecule has 0 aromatic heterocycles. The second kappa shape index (κ2) is 9.72. The van der Waals surface area contributed by atoms with Crippen LogP contribution in [0.1, 0.15) is 52.4 Å². The van der Waals surface area contributed by atoms with Crippen LogP contribution < -0.4 is 5.73 Å². The SMILES string of the molecule is CCCCCC(CCC)N=CCN. The van der Waals surface area contributed by atoms with Crippen LogP contribution in [0.15, 0.2) is 4.99 Å². The molecule has 0 saturated carbocycles. The third-order valence-electron chi connectivity index (χ3n) is 2.18. The maximum atomic E-state index is 5.38. The molecule has 0 amide bonds. The first-order valence-corrected chi connectivity index (χ1v) is 5.56. The van der Waals surface area contributed by atoms with Crippen molar-refractivity contribution in [3.8, 4) is 0 Å². The highest BCUT2D eigenvalue weighted by Gasteiger charge is 2.03. The zero-order valence-corrected chi connectivity index (χ0v) is 9.13. The zero-order chi connectivity index (χ0) is 9.94. The lowest BCUT2D eigenvalue weighted by Gasteiger charge is -2.10. The Morgan fingerprint density at radius 2 is 1.92 bits per heavy atom. The van der Waals surface area contributed by atoms with Gasteiger partial charge in [0.15, 0.2) is 0 Å². The molecule has 2 N–H and O–H groups in total. The molecule has 0 radical (unpaired) electrons. The van der Waals surface area contributed by atoms with Gasteiger partial charge < -0.3 is 5.73 Å². The Morgan fingerprint density at radius 3 is 2.46 bits per heavy atom. The maximum Gasteiger partial charge on any atom is 0.0496 e. The monoisotopic (exact) mass is 184 g/mol. The molecule has 2 heteroatoms. The minimum Gasteiger partial charge on any atom is -0.326 e. The Morgan fingerprint density at radius 1 is 1.15 bits per heavy atom. The molecule has 0 bridgehead atoms. The van der Waals surface area contributed by atoms with Gasteiger partial charge >= 0.3 is 0 Å². The van der Waals surface area contributed by atoms with Crippen LogP contribution in [0.3, 0.4) is 0 Å². The third kappa shape index (κ3) is 7.97. The fourth-order valence-electron chi connectivity index (χ4n) is 1.47. The predicted octanol–water partition coefficient (Wildman–Crippen LogP) is 2.76. The van der Waals surface area contributed by atoms with Crippen LogP contribution in [0, 0.1) is 0 Å². The lowest BCUT2D eigenvalue weighted by Crippen LogP contribution is -2.07. The lowest BCUT2D eigenvalue weighted by molar-refractivity contribution is 0.527. The minimum atomic E-state index is 0.528. The maximum absolute atomic E-state index is 5.38. The van der Waals surface area contributed by atoms with Gasteiger partial charge in [-0.05, 0) is 12.8 Å². The standard InChI is InChI=1S/C11H24N2/c1-3-5-6-8-11(7-4-2)13-10-9-12/h10-11H,3-9,12H2,1-2H3. The lowest BCUT2D eigenvalue weighted by atomic mass is 10.0. The number of aliphatic imine (C=N–C) groups is 1. The van der Waals surface area contributed by atoms with E-state index < -0.39 is 0 Å². The van der Waals surface area contributed by atoms with E-state index >= 15 is 0 Å². The van der Waals surface area contributed by atoms with E-state index in [0.717, 1.165) is 0 Å². The van der Waals surface area contributed by atoms with Gasteiger partial charge in [0, 0.05) is 18.8 Å². The molecule has 0 heterocycles. The van der Waals surface area contributed by atoms with Crippen molar-refractivity contribution in [1.82, 2.24) is 0 Å². The Kier molecular flexibility index (Phi) is 9.44. The molecule has 13 heavy (non-hydrogen) atoms. The normalized spacial score (nSPS) is 13.8. The summed E-state index contributed by atoms with van der Waals surface area (Å²) in [6.45, 7) is 5.02. The topological polar surface area (TPSA) is 38.4 Å². The number of rotatable bonds is 8. The van der Waals surface area contributed by atoms with Crippen LogP contribution in [-0.4, -0.2) is 18.8 Å². The van der Waals surface area contributed by atoms with Gasteiger partial charge in [-0.15, -0.1) is 0 Å². The van der Waals surface area contributed by atoms with E-state index in [0.29, 0.717) is 12.6 Å². The Labute approximate surface area is 82.6 Å². The van der Waals surface area contributed by atoms with Crippen LogP contribution in [-0.2, 0) is 0 Å². The second-order valence-corrected chi connectivity index (χ2v) is 3.51. The van der Waals surface area contributed by atoms with Crippen LogP contribution >= 0.6 is 0 Å². The number of nitrogens with zero attached hydrogens (tertiary/aromatic N) is 1. The van der Waals surface area contributed by atoms with Crippen molar-refractivity contribution in [2.45, 2.75) is 58.4 Å². The minimum absolute atomic E-state index is 0.528. The second-order valence-electron chi connectivity index (χ2n) is 3.51. The number of unbranched alkanes of at least 4 members (excludes halogenated alkanes) is 2. The van der Waals surface area contributed by atoms with Crippen molar-refractivity contribution in [3.63, 3.8) is 0 Å². The molecule has 2 nitrogen and oxygen atoms in total. The van der Waals surface area contributed by atoms with Crippen molar-refractivity contribution in [2.24, 2.45) is 10.7 Å². The van der Waals surface area contributed by atoms with Crippen LogP contribution in [0.5, 0.6) is 0 Å². The van der Waals surface area contributed by atoms with Crippen molar-refractivity contribution in [1.29, 1.82) is 0 Å². The summed E-state index contributed by atoms with van der Waals surface area (Å²) in [6, 6.07) is 0.528. The quantitative estimate of drug-likeness (QED) is 0.457. The van der Waals surface area contributed by atoms with Crippen molar-refractivity contribution >= 4 is 6.21 Å². The summed E-state index contributed by atoms with van der Waals surface area (Å²) in [5.74, 6) is 0. The van der Waals surface area contributed by atoms with Gasteiger partial charge in [0.2, 0.25) is 0 Å². The molecule has 0 aliphatic carbocycles. The molecule has 0 aliphatic rings. The Balaban J connectivity index is 3.59. The molecular formula is C11H24N2. The molecule has 1 unspecified atom stereocenters. The molecule has 1 atom stereocenters. The highest BCUT2D eigenvalue weighted by molar-refractivity contribution is 5.59. The largest absolute Gasteiger partial charge is 0.326 e. The van der Waals surface area contributed by atoms with Gasteiger partial charge in [0.25, 0.3) is 0 Å². The van der Waals surface area contributed by atoms with Crippen molar-refractivity contribution in [2.75, 3.05) is 6.54 Å². The molecule has 0 aliphatic heterocycles. The summed E-state index contributed by atoms with van der Waals surface area (Å²) >= 11 is 0. The Bertz CT molecular complexity index is 121. The highest BCUT2D eigenvalue weighted by Crippen LogP contribution is 2.11. The average molecular weight is 184 g/mol. The van der Waals surface area contributed by atoms with Crippen molar-refractivity contribution in [3.05, 3.63) is 0 Å². The predicted molar refractivity (Wildman–Crippen MR) is 60.4 cm³/mol. The van der Waals surface area contributed by atoms with Gasteiger partial charge in [-0.25, -0.2) is 0 Å². The molecule has 0 fully saturated rings. The number of hydrogen-bond donors (Lipinski definition) is 1. The van der Waals surface area contributed by atoms with Crippen molar-refractivity contribution < 1.29 is 0 Å². The first-order chi connectivity index (χ1) is 6.35. The van der Waals surface area contributed by atoms with Gasteiger partial charge in [-0.3, -0.25) is 4.99 Å². The fraction of sp³-hybridized carbons (Fsp3) is 0.909. The van der Waals surface area contributed by atoms with E-state index in [4.69, 9.17) is 5.73 Å². The van der Waals surface area contributed by atoms with Gasteiger partial charge in [-0.1, -0.05) is 39.5 Å². The highest BCUT2D eigenvalue weighted by atomic mass is 14.8. The summed E-state index contributed by atoms with van der Waals surface area (Å²) in [7, 11) is 0. The first-order valence-electron chi connectivity index (χ1n) is 5.56. The summed E-state index contributed by atoms with van der Waals surface area (Å²) in [5.41, 5.74) is 5.38. The summed E-state index contributed by atoms with van der Waals surface area (Å²) < 4.78 is 0. The van der Waals surface area contributed by atoms with E-state index in [1.54, 1.807) is 0 Å². The van der Waals surface area contributed by atoms with Gasteiger partial charge in [0.1, 0.15) is 0 Å². The van der Waals surface area contributed by atoms with E-state index in [-0.39, 0.29) is 0 Å². The third-order valence-corrected chi connectivity index (χ3v) is 2.18. The van der Waals surface area contributed by atoms with E-state index in [1.165, 1.54) is 38.5 Å². The summed E-state index contributed by atoms with van der Waals surface area (Å²) in [6.07, 6.45) is 9.45. The average Bonchev–Trinajstić information content (AvgIpc) is 2.14. The molecule has 0 aromatic rings. The molecular weight excluding hydrogens is 160 g/mol. The molecule has 0 saturated heterocycles. The van der Waals surface area contributed by atoms with Gasteiger partial charge in [-0.2, -0.15) is 0 Å². The first kappa shape index (κ1) is 12.6. The Hall–Kier alpha value is -0.370. The van der Waals surface area contributed by atoms with Crippen LogP contribution in [0.2, 0.25) is 0 Å². The summed E-state index contributed by atoms with van der Waals surface area (Å²) in [5, 5.41) is 0. The molecule has 0 spiro atoms. The fourth-order valence-corrected chi connectivity index (χ4v) is 1.47. The van der Waals surface area contributed by atoms with Crippen LogP contribution in [0.4, 0.5) is 0 Å². The molecule has 0 aromatic carbocycles. The van der Waals surface area contributed by atoms with Crippen LogP contribution in [0.25, 0.3) is 0 Å². The summed E-state index contributed by atoms with van der Waals surface area (Å²) in [4.78, 5) is 4.45. The zero-order valence-electron chi connectivity index (χ0n) is 9.13. The molecule has 0 rings (SSSR count). The number of nitrogens with two attached hydrogens (primary N) is 1. The smallest absolute Gasteiger partial charge is 0.0496 e. The van der Waals surface area contributed by atoms with E-state index in [2.05, 4.69) is 18.8 Å². The molecule has 78 valence electrons. The van der Waals surface area contributed by atoms with Gasteiger partial charge in [0.05, 0.1) is 0 Å². The van der Waals surface area contributed by atoms with E-state index in [9.17, 15) is 0 Å². The number of hydrogen-bond acceptors (Lipinski definition) is 2. The van der Waals surface area contributed by atoms with E-state index in [1.807, 2.05) is 6.21 Å².